The number of hydrogen-bond donors (Lipinski definition) is 0. The van der Waals surface area contributed by atoms with Crippen molar-refractivity contribution in [2.75, 3.05) is 6.61 Å². The maximum atomic E-state index is 13.1. The van der Waals surface area contributed by atoms with Crippen LogP contribution in [0.2, 0.25) is 0 Å². The van der Waals surface area contributed by atoms with Gasteiger partial charge in [0.15, 0.2) is 0 Å². The second-order valence-electron chi connectivity index (χ2n) is 5.25. The molecule has 0 radical (unpaired) electrons. The van der Waals surface area contributed by atoms with Crippen molar-refractivity contribution in [3.05, 3.63) is 41.2 Å². The SMILES string of the molecule is CCCCC1=C(c2ccccc2)[C@H](CC)O[P@]1(=O)OCC. The molecule has 0 N–H and O–H groups in total. The standard InChI is InChI=1S/C17H25O3P/c1-4-7-13-16-17(14-11-9-8-10-12-14)15(5-2)20-21(16,18)19-6-3/h8-12,15H,4-7,13H2,1-3H3/t15-,21+/m0/s1. The highest BCUT2D eigenvalue weighted by Crippen LogP contribution is 2.66. The van der Waals surface area contributed by atoms with Crippen molar-refractivity contribution in [3.63, 3.8) is 0 Å². The van der Waals surface area contributed by atoms with E-state index in [2.05, 4.69) is 26.0 Å². The lowest BCUT2D eigenvalue weighted by Crippen LogP contribution is -2.07. The normalized spacial score (nSPS) is 25.6. The molecule has 0 saturated carbocycles. The van der Waals surface area contributed by atoms with Crippen LogP contribution in [-0.2, 0) is 13.6 Å². The Morgan fingerprint density at radius 1 is 1.19 bits per heavy atom. The molecule has 1 aromatic rings. The van der Waals surface area contributed by atoms with Crippen molar-refractivity contribution in [1.29, 1.82) is 0 Å². The molecule has 1 heterocycles. The smallest absolute Gasteiger partial charge is 0.306 e. The maximum absolute atomic E-state index is 13.1. The Morgan fingerprint density at radius 3 is 2.48 bits per heavy atom. The van der Waals surface area contributed by atoms with Gasteiger partial charge < -0.3 is 4.52 Å². The highest BCUT2D eigenvalue weighted by atomic mass is 31.2. The number of allylic oxidation sites excluding steroid dienone is 1. The Kier molecular flexibility index (Phi) is 5.80. The monoisotopic (exact) mass is 308 g/mol. The predicted molar refractivity (Wildman–Crippen MR) is 87.3 cm³/mol. The zero-order valence-corrected chi connectivity index (χ0v) is 14.1. The highest BCUT2D eigenvalue weighted by molar-refractivity contribution is 7.59. The van der Waals surface area contributed by atoms with Crippen LogP contribution in [0.15, 0.2) is 35.6 Å². The van der Waals surface area contributed by atoms with Crippen molar-refractivity contribution in [1.82, 2.24) is 0 Å². The van der Waals surface area contributed by atoms with Gasteiger partial charge in [0.25, 0.3) is 0 Å². The zero-order chi connectivity index (χ0) is 15.3. The largest absolute Gasteiger partial charge is 0.358 e. The molecule has 1 aliphatic heterocycles. The van der Waals surface area contributed by atoms with Crippen LogP contribution in [0, 0.1) is 0 Å². The summed E-state index contributed by atoms with van der Waals surface area (Å²) in [5.74, 6) is 0. The first-order valence-corrected chi connectivity index (χ1v) is 9.42. The molecule has 21 heavy (non-hydrogen) atoms. The average molecular weight is 308 g/mol. The Morgan fingerprint density at radius 2 is 1.90 bits per heavy atom. The van der Waals surface area contributed by atoms with Crippen molar-refractivity contribution < 1.29 is 13.6 Å². The van der Waals surface area contributed by atoms with Crippen LogP contribution in [0.1, 0.15) is 52.0 Å². The summed E-state index contributed by atoms with van der Waals surface area (Å²) in [7, 11) is -3.12. The van der Waals surface area contributed by atoms with E-state index in [1.807, 2.05) is 25.1 Å². The Hall–Kier alpha value is -0.890. The molecule has 2 rings (SSSR count). The fourth-order valence-electron chi connectivity index (χ4n) is 2.76. The molecule has 3 nitrogen and oxygen atoms in total. The molecule has 0 bridgehead atoms. The fourth-order valence-corrected chi connectivity index (χ4v) is 5.03. The van der Waals surface area contributed by atoms with E-state index in [4.69, 9.17) is 9.05 Å². The van der Waals surface area contributed by atoms with Crippen molar-refractivity contribution in [2.24, 2.45) is 0 Å². The van der Waals surface area contributed by atoms with E-state index >= 15 is 0 Å². The van der Waals surface area contributed by atoms with Gasteiger partial charge in [-0.2, -0.15) is 0 Å². The van der Waals surface area contributed by atoms with Gasteiger partial charge in [0.1, 0.15) is 0 Å². The molecule has 0 spiro atoms. The van der Waals surface area contributed by atoms with Gasteiger partial charge in [0, 0.05) is 5.31 Å². The van der Waals surface area contributed by atoms with Crippen LogP contribution < -0.4 is 0 Å². The quantitative estimate of drug-likeness (QED) is 0.613. The van der Waals surface area contributed by atoms with Crippen LogP contribution in [0.5, 0.6) is 0 Å². The van der Waals surface area contributed by atoms with Crippen LogP contribution in [0.3, 0.4) is 0 Å². The van der Waals surface area contributed by atoms with Crippen LogP contribution in [0.4, 0.5) is 0 Å². The van der Waals surface area contributed by atoms with Crippen molar-refractivity contribution >= 4 is 13.2 Å². The van der Waals surface area contributed by atoms with E-state index in [1.54, 1.807) is 0 Å². The van der Waals surface area contributed by atoms with E-state index < -0.39 is 7.60 Å². The average Bonchev–Trinajstić information content (AvgIpc) is 2.78. The summed E-state index contributed by atoms with van der Waals surface area (Å²) in [5, 5.41) is 0.893. The summed E-state index contributed by atoms with van der Waals surface area (Å²) in [4.78, 5) is 0. The van der Waals surface area contributed by atoms with Crippen LogP contribution in [-0.4, -0.2) is 12.7 Å². The maximum Gasteiger partial charge on any atom is 0.358 e. The topological polar surface area (TPSA) is 35.5 Å². The summed E-state index contributed by atoms with van der Waals surface area (Å²) in [6.07, 6.45) is 3.53. The molecule has 0 aromatic heterocycles. The van der Waals surface area contributed by atoms with Gasteiger partial charge in [-0.1, -0.05) is 50.6 Å². The molecule has 0 unspecified atom stereocenters. The predicted octanol–water partition coefficient (Wildman–Crippen LogP) is 5.63. The Balaban J connectivity index is 2.50. The van der Waals surface area contributed by atoms with Gasteiger partial charge in [-0.25, -0.2) is 0 Å². The van der Waals surface area contributed by atoms with Crippen molar-refractivity contribution in [2.45, 2.75) is 52.6 Å². The molecule has 0 aliphatic carbocycles. The number of hydrogen-bond acceptors (Lipinski definition) is 3. The van der Waals surface area contributed by atoms with E-state index in [0.717, 1.165) is 42.1 Å². The molecule has 4 heteroatoms. The second kappa shape index (κ2) is 7.40. The second-order valence-corrected chi connectivity index (χ2v) is 7.25. The number of unbranched alkanes of at least 4 members (excludes halogenated alkanes) is 1. The van der Waals surface area contributed by atoms with Gasteiger partial charge >= 0.3 is 7.60 Å². The molecule has 0 saturated heterocycles. The zero-order valence-electron chi connectivity index (χ0n) is 13.2. The molecule has 116 valence electrons. The third kappa shape index (κ3) is 3.48. The fraction of sp³-hybridized carbons (Fsp3) is 0.529. The van der Waals surface area contributed by atoms with E-state index in [9.17, 15) is 4.57 Å². The third-order valence-corrected chi connectivity index (χ3v) is 6.01. The highest BCUT2D eigenvalue weighted by Gasteiger charge is 2.43. The van der Waals surface area contributed by atoms with E-state index in [1.165, 1.54) is 0 Å². The Bertz CT molecular complexity index is 536. The molecule has 0 fully saturated rings. The van der Waals surface area contributed by atoms with E-state index in [-0.39, 0.29) is 6.10 Å². The minimum Gasteiger partial charge on any atom is -0.306 e. The minimum atomic E-state index is -3.12. The molecule has 0 amide bonds. The molecule has 2 atom stereocenters. The first-order chi connectivity index (χ1) is 10.2. The first kappa shape index (κ1) is 16.5. The summed E-state index contributed by atoms with van der Waals surface area (Å²) in [6, 6.07) is 10.1. The van der Waals surface area contributed by atoms with Crippen LogP contribution >= 0.6 is 7.60 Å². The lowest BCUT2D eigenvalue weighted by atomic mass is 9.97. The number of benzene rings is 1. The van der Waals surface area contributed by atoms with Gasteiger partial charge in [-0.05, 0) is 37.3 Å². The lowest BCUT2D eigenvalue weighted by molar-refractivity contribution is 0.195. The lowest BCUT2D eigenvalue weighted by Gasteiger charge is -2.15. The molecule has 1 aromatic carbocycles. The molecule has 1 aliphatic rings. The molecular formula is C17H25O3P. The van der Waals surface area contributed by atoms with Gasteiger partial charge in [0.2, 0.25) is 0 Å². The number of rotatable bonds is 7. The summed E-state index contributed by atoms with van der Waals surface area (Å²) in [5.41, 5.74) is 2.19. The summed E-state index contributed by atoms with van der Waals surface area (Å²) < 4.78 is 24.5. The first-order valence-electron chi connectivity index (χ1n) is 7.88. The third-order valence-electron chi connectivity index (χ3n) is 3.75. The Labute approximate surface area is 127 Å². The summed E-state index contributed by atoms with van der Waals surface area (Å²) in [6.45, 7) is 6.47. The van der Waals surface area contributed by atoms with Gasteiger partial charge in [-0.15, -0.1) is 0 Å². The molecular weight excluding hydrogens is 283 g/mol. The van der Waals surface area contributed by atoms with Gasteiger partial charge in [0.05, 0.1) is 12.7 Å². The van der Waals surface area contributed by atoms with Crippen molar-refractivity contribution in [3.8, 4) is 0 Å². The minimum absolute atomic E-state index is 0.128. The van der Waals surface area contributed by atoms with Crippen LogP contribution in [0.25, 0.3) is 5.57 Å². The van der Waals surface area contributed by atoms with Gasteiger partial charge in [-0.3, -0.25) is 9.09 Å². The van der Waals surface area contributed by atoms with E-state index in [0.29, 0.717) is 6.61 Å². The summed E-state index contributed by atoms with van der Waals surface area (Å²) >= 11 is 0.